The minimum absolute atomic E-state index is 0.0570. The lowest BCUT2D eigenvalue weighted by molar-refractivity contribution is -0.144. The number of aromatic amines is 2. The number of H-pyrrole nitrogens is 2. The number of nitrogens with one attached hydrogen (secondary N) is 12. The molecule has 0 aliphatic heterocycles. The van der Waals surface area contributed by atoms with Gasteiger partial charge in [0.15, 0.2) is 0 Å². The van der Waals surface area contributed by atoms with E-state index in [2.05, 4.69) is 68.1 Å². The number of carbonyl (C=O) groups excluding carboxylic acids is 11. The molecule has 0 saturated heterocycles. The quantitative estimate of drug-likeness (QED) is 0.00977. The molecule has 2 aromatic carbocycles. The van der Waals surface area contributed by atoms with Crippen LogP contribution in [-0.4, -0.2) is 385 Å². The van der Waals surface area contributed by atoms with E-state index in [1.807, 2.05) is 48.5 Å². The predicted molar refractivity (Wildman–Crippen MR) is 499 cm³/mol. The molecule has 50 nitrogen and oxygen atoms in total. The second kappa shape index (κ2) is 58.3. The van der Waals surface area contributed by atoms with Gasteiger partial charge in [-0.2, -0.15) is 16.7 Å². The van der Waals surface area contributed by atoms with Crippen LogP contribution in [0.25, 0.3) is 22.2 Å². The molecule has 19 atom stereocenters. The summed E-state index contributed by atoms with van der Waals surface area (Å²) in [4.78, 5) is 228. The third kappa shape index (κ3) is 37.7. The van der Waals surface area contributed by atoms with Crippen molar-refractivity contribution in [3.8, 4) is 11.1 Å². The number of ether oxygens (including phenoxy) is 1. The molecule has 0 saturated carbocycles. The highest BCUT2D eigenvalue weighted by Crippen LogP contribution is 2.46. The number of nitrogens with two attached hydrogens (primary N) is 1. The number of aliphatic carboxylic acids is 4. The number of benzene rings is 2. The van der Waals surface area contributed by atoms with E-state index in [4.69, 9.17) is 10.5 Å². The zero-order valence-electron chi connectivity index (χ0n) is 75.9. The van der Waals surface area contributed by atoms with Crippen LogP contribution in [0.3, 0.4) is 0 Å². The molecule has 1 aliphatic rings. The van der Waals surface area contributed by atoms with Gasteiger partial charge in [0, 0.05) is 98.3 Å². The number of rotatable bonds is 66. The molecular weight excluding hydrogens is 1930 g/mol. The predicted octanol–water partition coefficient (Wildman–Crippen LogP) is -7.61. The molecule has 5 aromatic rings. The van der Waals surface area contributed by atoms with Crippen molar-refractivity contribution >= 4 is 151 Å². The summed E-state index contributed by atoms with van der Waals surface area (Å²) in [6.07, 6.45) is -33.7. The minimum atomic E-state index is -2.24. The van der Waals surface area contributed by atoms with E-state index >= 15 is 0 Å². The van der Waals surface area contributed by atoms with Gasteiger partial charge in [-0.15, -0.1) is 11.3 Å². The lowest BCUT2D eigenvalue weighted by Crippen LogP contribution is -2.60. The highest BCUT2D eigenvalue weighted by Gasteiger charge is 2.42. The SMILES string of the molecule is CC(C)(SSCCOC(=O)CC[C@H](NC(=O)c1ccc(CCCc2cc3c(=O)[nH]c(N)nc3[nH]2)s1)C(=O)O)[C@H](NC(=O)[C@H](CCC(=O)NC[C@H](O)[C@@H](O)[C@H](O)[C@H](O)CO)NC(=O)[C@H](CCC(=O)O)NC(=O)[C@H](CCC(=O)NC[C@H](O)[C@@H](O)[C@H](O)[C@H](O)CO)NC(=O)[C@H](CCC(=O)O)NC(=O)[C@H](CCC(=O)NC[C@H](O)[C@@H](O)[C@H](O)[C@H](O)CO)NC(=O)CCSCC1c2ccccc2-c2ccccc21)C(=O)O. The maximum atomic E-state index is 15.0. The van der Waals surface area contributed by atoms with Crippen molar-refractivity contribution in [2.75, 3.05) is 69.1 Å². The van der Waals surface area contributed by atoms with E-state index in [0.29, 0.717) is 41.7 Å². The van der Waals surface area contributed by atoms with Crippen LogP contribution in [-0.2, 0) is 84.7 Å². The van der Waals surface area contributed by atoms with Crippen LogP contribution in [0.2, 0.25) is 0 Å². The number of hydrogen-bond acceptors (Lipinski definition) is 38. The lowest BCUT2D eigenvalue weighted by atomic mass is 9.99. The zero-order valence-corrected chi connectivity index (χ0v) is 79.1. The Hall–Kier alpha value is -11.1. The number of fused-ring (bicyclic) bond motifs is 4. The van der Waals surface area contributed by atoms with E-state index in [0.717, 1.165) is 60.1 Å². The lowest BCUT2D eigenvalue weighted by Gasteiger charge is -2.32. The first kappa shape index (κ1) is 118. The second-order valence-electron chi connectivity index (χ2n) is 33.2. The molecule has 0 spiro atoms. The van der Waals surface area contributed by atoms with Crippen LogP contribution in [0.15, 0.2) is 71.5 Å². The van der Waals surface area contributed by atoms with Crippen LogP contribution in [0.5, 0.6) is 0 Å². The highest BCUT2D eigenvalue weighted by atomic mass is 33.1. The van der Waals surface area contributed by atoms with Crippen molar-refractivity contribution < 1.29 is 174 Å². The van der Waals surface area contributed by atoms with E-state index in [1.165, 1.54) is 31.7 Å². The average Bonchev–Trinajstić information content (AvgIpc) is 1.61. The van der Waals surface area contributed by atoms with Crippen molar-refractivity contribution in [1.29, 1.82) is 0 Å². The fourth-order valence-electron chi connectivity index (χ4n) is 14.2. The van der Waals surface area contributed by atoms with Gasteiger partial charge in [-0.1, -0.05) is 70.1 Å². The number of amides is 10. The molecule has 0 fully saturated rings. The molecule has 776 valence electrons. The Morgan fingerprint density at radius 3 is 1.31 bits per heavy atom. The first-order valence-corrected chi connectivity index (χ1v) is 48.5. The maximum absolute atomic E-state index is 15.0. The molecular formula is C86H122N14O36S4. The summed E-state index contributed by atoms with van der Waals surface area (Å²) in [6.45, 7) is -3.64. The van der Waals surface area contributed by atoms with Gasteiger partial charge in [-0.25, -0.2) is 9.59 Å². The van der Waals surface area contributed by atoms with Gasteiger partial charge < -0.3 is 166 Å². The molecule has 6 rings (SSSR count). The third-order valence-corrected chi connectivity index (χ3v) is 27.6. The van der Waals surface area contributed by atoms with Gasteiger partial charge in [0.05, 0.1) is 53.1 Å². The number of carbonyl (C=O) groups is 15. The second-order valence-corrected chi connectivity index (χ2v) is 38.6. The molecule has 1 aliphatic carbocycles. The summed E-state index contributed by atoms with van der Waals surface area (Å²) >= 11 is 2.47. The highest BCUT2D eigenvalue weighted by molar-refractivity contribution is 8.77. The normalized spacial score (nSPS) is 16.0. The Morgan fingerprint density at radius 2 is 0.886 bits per heavy atom. The number of thiophene rings is 1. The van der Waals surface area contributed by atoms with E-state index in [-0.39, 0.29) is 41.3 Å². The Labute approximate surface area is 814 Å². The molecule has 0 unspecified atom stereocenters. The summed E-state index contributed by atoms with van der Waals surface area (Å²) in [5.74, 6) is -19.2. The fraction of sp³-hybridized carbons (Fsp3) is 0.570. The van der Waals surface area contributed by atoms with E-state index in [1.54, 1.807) is 12.1 Å². The van der Waals surface area contributed by atoms with Crippen LogP contribution >= 0.6 is 44.7 Å². The van der Waals surface area contributed by atoms with Gasteiger partial charge in [0.1, 0.15) is 109 Å². The fourth-order valence-corrected chi connectivity index (χ4v) is 18.7. The first-order valence-electron chi connectivity index (χ1n) is 44.2. The zero-order chi connectivity index (χ0) is 104. The van der Waals surface area contributed by atoms with Crippen LogP contribution < -0.4 is 64.5 Å². The molecule has 0 radical (unpaired) electrons. The van der Waals surface area contributed by atoms with Crippen molar-refractivity contribution in [3.05, 3.63) is 104 Å². The van der Waals surface area contributed by atoms with Crippen LogP contribution in [0.4, 0.5) is 5.95 Å². The van der Waals surface area contributed by atoms with Gasteiger partial charge in [0.2, 0.25) is 59.1 Å². The standard InChI is InChI=1S/C86H122N14O36S4/c1-86(2,140-138-31-29-136-67(118)27-20-53(83(132)133)97-82(131)60-21-14-41(139-60)9-7-8-40-32-46-75(91-40)99-85(87)100-76(46)125)74(84(134)135)98-81(130)50(17-24-63(112)90-35-56(106)70(121)73(124)59(109)38-103)94-80(129)52(19-26-66(116)117)96-78(127)49(16-23-62(111)89-34-55(105)69(120)72(123)58(108)37-102)93-79(128)51(18-25-65(114)115)95-77(126)48(15-22-61(110)88-33-54(104)68(119)71(122)57(107)36-101)92-64(113)28-30-137-39-47-44-12-5-3-10-42(44)43-11-4-6-13-45(43)47/h3-6,10-14,21,32,47-59,68-74,101-109,119-124H,7-9,15-20,22-31,33-39H2,1-2H3,(H,88,110)(H,89,111)(H,90,112)(H,92,113)(H,93,128)(H,94,129)(H,95,126)(H,96,127)(H,97,131)(H,98,130)(H,114,115)(H,116,117)(H,132,133)(H,134,135)(H4,87,91,99,100,125)/t48-,49-,50-,51-,52-,53-,54-,55-,56-,57+,58+,59+,68+,69+,70+,71+,72+,73+,74+/m0/s1. The summed E-state index contributed by atoms with van der Waals surface area (Å²) in [7, 11) is 1.70. The number of aromatic nitrogens is 3. The van der Waals surface area contributed by atoms with E-state index in [9.17, 15) is 174 Å². The Kier molecular flexibility index (Phi) is 49.0. The average molecular weight is 2060 g/mol. The van der Waals surface area contributed by atoms with Crippen molar-refractivity contribution in [1.82, 2.24) is 68.1 Å². The number of aliphatic hydroxyl groups is 15. The summed E-state index contributed by atoms with van der Waals surface area (Å²) in [5, 5.41) is 214. The van der Waals surface area contributed by atoms with Gasteiger partial charge in [0.25, 0.3) is 11.5 Å². The molecule has 10 amide bonds. The van der Waals surface area contributed by atoms with Crippen LogP contribution in [0.1, 0.15) is 141 Å². The van der Waals surface area contributed by atoms with Crippen LogP contribution in [0, 0.1) is 0 Å². The number of aryl methyl sites for hydroxylation is 2. The molecule has 140 heavy (non-hydrogen) atoms. The van der Waals surface area contributed by atoms with Gasteiger partial charge in [-0.05, 0) is 112 Å². The van der Waals surface area contributed by atoms with E-state index < -0.39 is 331 Å². The molecule has 3 heterocycles. The number of carboxylic acids is 4. The molecule has 0 bridgehead atoms. The summed E-state index contributed by atoms with van der Waals surface area (Å²) in [5.41, 5.74) is 10.4. The smallest absolute Gasteiger partial charge is 0.327 e. The van der Waals surface area contributed by atoms with Gasteiger partial charge >= 0.3 is 29.8 Å². The van der Waals surface area contributed by atoms with Crippen molar-refractivity contribution in [3.63, 3.8) is 0 Å². The monoisotopic (exact) mass is 2050 g/mol. The Bertz CT molecular complexity index is 5030. The largest absolute Gasteiger partial charge is 0.481 e. The number of aliphatic hydroxyl groups excluding tert-OH is 15. The number of esters is 1. The molecule has 3 aromatic heterocycles. The number of anilines is 1. The molecule has 54 heteroatoms. The summed E-state index contributed by atoms with van der Waals surface area (Å²) in [6, 6.07) is 6.19. The molecule has 33 N–H and O–H groups in total. The number of hydrogen-bond donors (Lipinski definition) is 32. The van der Waals surface area contributed by atoms with Crippen molar-refractivity contribution in [2.45, 2.75) is 243 Å². The Morgan fingerprint density at radius 1 is 0.471 bits per heavy atom. The Balaban J connectivity index is 1.21. The van der Waals surface area contributed by atoms with Crippen molar-refractivity contribution in [2.24, 2.45) is 0 Å². The number of carboxylic acid groups (broad SMARTS) is 4. The number of thioether (sulfide) groups is 1. The summed E-state index contributed by atoms with van der Waals surface area (Å²) < 4.78 is 3.66. The third-order valence-electron chi connectivity index (χ3n) is 22.2. The minimum Gasteiger partial charge on any atom is -0.481 e. The number of nitrogens with zero attached hydrogens (tertiary/aromatic N) is 1. The number of nitrogen functional groups attached to an aromatic ring is 1. The maximum Gasteiger partial charge on any atom is 0.327 e. The first-order chi connectivity index (χ1) is 66.2. The van der Waals surface area contributed by atoms with Gasteiger partial charge in [-0.3, -0.25) is 72.1 Å². The topological polar surface area (TPSA) is 858 Å².